The van der Waals surface area contributed by atoms with E-state index in [1.165, 1.54) is 10.7 Å². The second kappa shape index (κ2) is 15.2. The number of amides is 2. The van der Waals surface area contributed by atoms with Crippen molar-refractivity contribution in [1.29, 1.82) is 0 Å². The number of anilines is 1. The largest absolute Gasteiger partial charge is 0.493 e. The predicted octanol–water partition coefficient (Wildman–Crippen LogP) is 6.73. The van der Waals surface area contributed by atoms with E-state index in [0.29, 0.717) is 54.0 Å². The molecule has 0 saturated heterocycles. The normalized spacial score (nSPS) is 15.0. The first-order valence-electron chi connectivity index (χ1n) is 16.5. The number of hydrogen-bond donors (Lipinski definition) is 2. The Bertz CT molecular complexity index is 2050. The number of aromatic nitrogens is 2. The average Bonchev–Trinajstić information content (AvgIpc) is 3.45. The molecule has 270 valence electrons. The molecule has 1 spiro atoms. The Morgan fingerprint density at radius 3 is 2.65 bits per heavy atom. The molecule has 0 unspecified atom stereocenters. The smallest absolute Gasteiger partial charge is 0.266 e. The Kier molecular flexibility index (Phi) is 10.9. The molecule has 2 aliphatic rings. The van der Waals surface area contributed by atoms with Crippen LogP contribution in [0.4, 0.5) is 10.1 Å². The summed E-state index contributed by atoms with van der Waals surface area (Å²) in [6.07, 6.45) is 7.18. The lowest BCUT2D eigenvalue weighted by Gasteiger charge is -2.42. The van der Waals surface area contributed by atoms with Gasteiger partial charge in [0.25, 0.3) is 16.0 Å². The van der Waals surface area contributed by atoms with Crippen molar-refractivity contribution in [2.24, 2.45) is 5.41 Å². The van der Waals surface area contributed by atoms with Gasteiger partial charge < -0.3 is 19.7 Å². The number of carbonyl (C=O) groups is 2. The molecule has 15 heteroatoms. The van der Waals surface area contributed by atoms with Crippen molar-refractivity contribution < 1.29 is 36.4 Å². The van der Waals surface area contributed by atoms with Gasteiger partial charge in [-0.3, -0.25) is 18.8 Å². The number of nitrogens with zero attached hydrogens (tertiary/aromatic N) is 3. The van der Waals surface area contributed by atoms with Gasteiger partial charge in [-0.2, -0.15) is 13.5 Å². The molecule has 6 rings (SSSR count). The first-order valence-corrected chi connectivity index (χ1v) is 18.9. The highest BCUT2D eigenvalue weighted by Gasteiger charge is 2.43. The molecule has 51 heavy (non-hydrogen) atoms. The second-order valence-corrected chi connectivity index (χ2v) is 15.4. The molecule has 1 aliphatic heterocycles. The summed E-state index contributed by atoms with van der Waals surface area (Å²) < 4.78 is 59.9. The lowest BCUT2D eigenvalue weighted by atomic mass is 9.69. The van der Waals surface area contributed by atoms with Gasteiger partial charge in [-0.05, 0) is 56.5 Å². The summed E-state index contributed by atoms with van der Waals surface area (Å²) in [7, 11) is -4.27. The van der Waals surface area contributed by atoms with Crippen molar-refractivity contribution in [1.82, 2.24) is 15.1 Å². The fourth-order valence-corrected chi connectivity index (χ4v) is 7.12. The number of benzene rings is 3. The van der Waals surface area contributed by atoms with E-state index < -0.39 is 27.6 Å². The molecular weight excluding hydrogens is 722 g/mol. The molecule has 1 fully saturated rings. The monoisotopic (exact) mass is 758 g/mol. The maximum absolute atomic E-state index is 15.2. The molecule has 2 heterocycles. The summed E-state index contributed by atoms with van der Waals surface area (Å²) >= 11 is 12.6. The average molecular weight is 760 g/mol. The van der Waals surface area contributed by atoms with Crippen LogP contribution in [0.1, 0.15) is 53.6 Å². The van der Waals surface area contributed by atoms with Crippen LogP contribution in [0, 0.1) is 18.2 Å². The van der Waals surface area contributed by atoms with E-state index in [4.69, 9.17) is 37.2 Å². The van der Waals surface area contributed by atoms with Crippen molar-refractivity contribution in [3.05, 3.63) is 93.5 Å². The minimum Gasteiger partial charge on any atom is -0.493 e. The number of fused-ring (bicyclic) bond motifs is 1. The topological polar surface area (TPSA) is 140 Å². The third-order valence-corrected chi connectivity index (χ3v) is 10.8. The van der Waals surface area contributed by atoms with E-state index in [9.17, 15) is 18.0 Å². The van der Waals surface area contributed by atoms with Gasteiger partial charge in [0.1, 0.15) is 11.6 Å². The molecule has 1 saturated carbocycles. The summed E-state index contributed by atoms with van der Waals surface area (Å²) in [6.45, 7) is 2.90. The van der Waals surface area contributed by atoms with Crippen molar-refractivity contribution in [2.75, 3.05) is 37.0 Å². The van der Waals surface area contributed by atoms with Crippen LogP contribution >= 0.6 is 23.2 Å². The molecule has 0 bridgehead atoms. The maximum atomic E-state index is 15.2. The van der Waals surface area contributed by atoms with Gasteiger partial charge in [-0.25, -0.2) is 4.39 Å². The number of halogens is 3. The van der Waals surface area contributed by atoms with Crippen molar-refractivity contribution >= 4 is 50.8 Å². The van der Waals surface area contributed by atoms with E-state index in [0.717, 1.165) is 36.5 Å². The fraction of sp³-hybridized carbons (Fsp3) is 0.361. The highest BCUT2D eigenvalue weighted by molar-refractivity contribution is 7.85. The van der Waals surface area contributed by atoms with Crippen LogP contribution in [-0.4, -0.2) is 66.6 Å². The minimum atomic E-state index is -4.27. The number of para-hydroxylation sites is 1. The van der Waals surface area contributed by atoms with Crippen LogP contribution in [0.2, 0.25) is 10.0 Å². The molecule has 2 amide bonds. The Hall–Kier alpha value is -4.17. The standard InChI is InChI=1S/C36H37Cl2FN4O7S/c1-23-28(37)7-3-9-32(23)49-14-4-10-33(44)43-21-36(11-5-12-36)22-50-34-26(6-2-8-31(34)43)25-18-41-42(19-25)20-27-29(38)16-24(17-30(27)39)35(45)40-13-15-51(46,47)48/h2-3,6-9,16-19H,4-5,10-15,20-22H2,1H3,(H,40,45)(H,46,47,48). The van der Waals surface area contributed by atoms with Gasteiger partial charge in [-0.15, -0.1) is 0 Å². The summed E-state index contributed by atoms with van der Waals surface area (Å²) in [5, 5.41) is 7.35. The van der Waals surface area contributed by atoms with E-state index in [1.807, 2.05) is 48.2 Å². The van der Waals surface area contributed by atoms with Crippen molar-refractivity contribution in [3.8, 4) is 22.6 Å². The summed E-state index contributed by atoms with van der Waals surface area (Å²) in [6, 6.07) is 13.4. The summed E-state index contributed by atoms with van der Waals surface area (Å²) in [4.78, 5) is 28.1. The van der Waals surface area contributed by atoms with E-state index in [2.05, 4.69) is 10.4 Å². The highest BCUT2D eigenvalue weighted by Crippen LogP contribution is 2.49. The SMILES string of the molecule is Cc1c(Cl)cccc1OCCCC(=O)N1CC2(CCC2)COc2c(-c3cnn(Cc4c(F)cc(C(=O)NCCS(=O)(=O)O)cc4Cl)c3)cccc21. The molecule has 4 aromatic rings. The number of rotatable bonds is 12. The quantitative estimate of drug-likeness (QED) is 0.120. The third-order valence-electron chi connectivity index (χ3n) is 9.34. The number of ether oxygens (including phenoxy) is 2. The zero-order valence-corrected chi connectivity index (χ0v) is 30.2. The number of nitrogens with one attached hydrogen (secondary N) is 1. The first kappa shape index (κ1) is 36.6. The zero-order chi connectivity index (χ0) is 36.3. The third kappa shape index (κ3) is 8.49. The fourth-order valence-electron chi connectivity index (χ4n) is 6.33. The van der Waals surface area contributed by atoms with Gasteiger partial charge in [0.2, 0.25) is 5.91 Å². The number of hydrogen-bond acceptors (Lipinski definition) is 7. The molecule has 0 radical (unpaired) electrons. The second-order valence-electron chi connectivity index (χ2n) is 13.0. The van der Waals surface area contributed by atoms with E-state index >= 15 is 4.39 Å². The molecule has 1 aromatic heterocycles. The van der Waals surface area contributed by atoms with E-state index in [1.54, 1.807) is 12.4 Å². The van der Waals surface area contributed by atoms with Crippen LogP contribution in [0.5, 0.6) is 11.5 Å². The van der Waals surface area contributed by atoms with Crippen LogP contribution in [0.15, 0.2) is 60.9 Å². The van der Waals surface area contributed by atoms with Gasteiger partial charge >= 0.3 is 0 Å². The Balaban J connectivity index is 1.17. The Morgan fingerprint density at radius 2 is 1.92 bits per heavy atom. The van der Waals surface area contributed by atoms with Crippen LogP contribution in [0.25, 0.3) is 11.1 Å². The van der Waals surface area contributed by atoms with Gasteiger partial charge in [-0.1, -0.05) is 47.8 Å². The molecule has 2 N–H and O–H groups in total. The van der Waals surface area contributed by atoms with Crippen molar-refractivity contribution in [3.63, 3.8) is 0 Å². The van der Waals surface area contributed by atoms with E-state index in [-0.39, 0.29) is 47.0 Å². The van der Waals surface area contributed by atoms with Crippen molar-refractivity contribution in [2.45, 2.75) is 45.6 Å². The van der Waals surface area contributed by atoms with Gasteiger partial charge in [0.05, 0.1) is 37.4 Å². The van der Waals surface area contributed by atoms with Crippen LogP contribution < -0.4 is 19.7 Å². The van der Waals surface area contributed by atoms with Gasteiger partial charge in [0, 0.05) is 69.0 Å². The maximum Gasteiger partial charge on any atom is 0.266 e. The minimum absolute atomic E-state index is 0.0167. The Morgan fingerprint density at radius 1 is 1.14 bits per heavy atom. The molecule has 0 atom stereocenters. The summed E-state index contributed by atoms with van der Waals surface area (Å²) in [5.41, 5.74) is 2.84. The Labute approximate surface area is 305 Å². The molecule has 1 aliphatic carbocycles. The predicted molar refractivity (Wildman–Crippen MR) is 192 cm³/mol. The lowest BCUT2D eigenvalue weighted by molar-refractivity contribution is -0.119. The zero-order valence-electron chi connectivity index (χ0n) is 27.8. The molecule has 11 nitrogen and oxygen atoms in total. The lowest BCUT2D eigenvalue weighted by Crippen LogP contribution is -2.46. The number of carbonyl (C=O) groups excluding carboxylic acids is 2. The molecule has 3 aromatic carbocycles. The summed E-state index contributed by atoms with van der Waals surface area (Å²) in [5.74, 6) is -0.913. The molecular formula is C36H37Cl2FN4O7S. The first-order chi connectivity index (χ1) is 24.3. The highest BCUT2D eigenvalue weighted by atomic mass is 35.5. The van der Waals surface area contributed by atoms with Crippen LogP contribution in [0.3, 0.4) is 0 Å². The van der Waals surface area contributed by atoms with Gasteiger partial charge in [0.15, 0.2) is 5.75 Å². The van der Waals surface area contributed by atoms with Crippen LogP contribution in [-0.2, 0) is 21.5 Å².